The van der Waals surface area contributed by atoms with Gasteiger partial charge in [0.1, 0.15) is 0 Å². The molecule has 1 aromatic carbocycles. The molecule has 2 amide bonds. The molecule has 98 valence electrons. The van der Waals surface area contributed by atoms with Crippen LogP contribution in [-0.4, -0.2) is 24.1 Å². The van der Waals surface area contributed by atoms with E-state index in [0.717, 1.165) is 5.71 Å². The van der Waals surface area contributed by atoms with Crippen molar-refractivity contribution in [1.29, 1.82) is 0 Å². The first-order chi connectivity index (χ1) is 9.11. The van der Waals surface area contributed by atoms with E-state index in [1.54, 1.807) is 12.1 Å². The van der Waals surface area contributed by atoms with Crippen LogP contribution >= 0.6 is 0 Å². The lowest BCUT2D eigenvalue weighted by atomic mass is 9.88. The molecule has 1 aromatic rings. The highest BCUT2D eigenvalue weighted by molar-refractivity contribution is 6.29. The van der Waals surface area contributed by atoms with E-state index in [9.17, 15) is 9.59 Å². The molecule has 0 bridgehead atoms. The molecule has 4 nitrogen and oxygen atoms in total. The lowest BCUT2D eigenvalue weighted by Gasteiger charge is -2.16. The third-order valence-corrected chi connectivity index (χ3v) is 3.82. The lowest BCUT2D eigenvalue weighted by molar-refractivity contribution is -0.122. The van der Waals surface area contributed by atoms with Crippen molar-refractivity contribution in [2.45, 2.75) is 13.8 Å². The lowest BCUT2D eigenvalue weighted by Crippen LogP contribution is -2.33. The van der Waals surface area contributed by atoms with E-state index < -0.39 is 0 Å². The van der Waals surface area contributed by atoms with Crippen LogP contribution in [0.2, 0.25) is 0 Å². The van der Waals surface area contributed by atoms with Gasteiger partial charge in [-0.25, -0.2) is 4.90 Å². The highest BCUT2D eigenvalue weighted by Crippen LogP contribution is 2.37. The minimum Gasteiger partial charge on any atom is -0.292 e. The smallest absolute Gasteiger partial charge is 0.243 e. The van der Waals surface area contributed by atoms with Gasteiger partial charge >= 0.3 is 0 Å². The number of benzene rings is 1. The van der Waals surface area contributed by atoms with Gasteiger partial charge in [-0.2, -0.15) is 0 Å². The second-order valence-corrected chi connectivity index (χ2v) is 5.35. The van der Waals surface area contributed by atoms with Gasteiger partial charge in [0, 0.05) is 5.71 Å². The average molecular weight is 256 g/mol. The quantitative estimate of drug-likeness (QED) is 0.759. The first kappa shape index (κ1) is 12.1. The Morgan fingerprint density at radius 3 is 2.47 bits per heavy atom. The van der Waals surface area contributed by atoms with Gasteiger partial charge in [-0.3, -0.25) is 14.6 Å². The molecule has 0 spiro atoms. The zero-order valence-corrected chi connectivity index (χ0v) is 11.0. The number of fused-ring (bicyclic) bond motifs is 1. The predicted octanol–water partition coefficient (Wildman–Crippen LogP) is 1.90. The zero-order valence-electron chi connectivity index (χ0n) is 11.0. The fourth-order valence-corrected chi connectivity index (χ4v) is 2.92. The number of carbonyl (C=O) groups is 2. The van der Waals surface area contributed by atoms with Crippen LogP contribution < -0.4 is 4.90 Å². The summed E-state index contributed by atoms with van der Waals surface area (Å²) in [6.07, 6.45) is 0. The predicted molar refractivity (Wildman–Crippen MR) is 73.1 cm³/mol. The highest BCUT2D eigenvalue weighted by atomic mass is 16.2. The van der Waals surface area contributed by atoms with Gasteiger partial charge in [0.05, 0.1) is 24.1 Å². The van der Waals surface area contributed by atoms with Gasteiger partial charge in [-0.05, 0) is 18.1 Å². The number of carbonyl (C=O) groups excluding carboxylic acids is 2. The molecule has 0 aliphatic carbocycles. The van der Waals surface area contributed by atoms with E-state index in [1.165, 1.54) is 4.90 Å². The molecule has 0 aromatic heterocycles. The van der Waals surface area contributed by atoms with Crippen molar-refractivity contribution in [2.75, 3.05) is 11.4 Å². The molecule has 2 unspecified atom stereocenters. The maximum Gasteiger partial charge on any atom is 0.243 e. The normalized spacial score (nSPS) is 26.1. The van der Waals surface area contributed by atoms with Crippen molar-refractivity contribution < 1.29 is 9.59 Å². The van der Waals surface area contributed by atoms with Gasteiger partial charge in [-0.15, -0.1) is 0 Å². The molecule has 1 fully saturated rings. The third kappa shape index (κ3) is 1.70. The number of nitrogens with zero attached hydrogens (tertiary/aromatic N) is 2. The molecule has 2 aliphatic rings. The summed E-state index contributed by atoms with van der Waals surface area (Å²) in [6, 6.07) is 9.13. The second kappa shape index (κ2) is 4.30. The van der Waals surface area contributed by atoms with Crippen molar-refractivity contribution >= 4 is 23.2 Å². The number of aliphatic imine (C=N–C) groups is 1. The van der Waals surface area contributed by atoms with Crippen molar-refractivity contribution in [1.82, 2.24) is 0 Å². The van der Waals surface area contributed by atoms with Crippen LogP contribution in [0.5, 0.6) is 0 Å². The summed E-state index contributed by atoms with van der Waals surface area (Å²) in [5, 5.41) is 0. The Hall–Kier alpha value is -1.97. The first-order valence-corrected chi connectivity index (χ1v) is 6.58. The number of hydrogen-bond acceptors (Lipinski definition) is 3. The Morgan fingerprint density at radius 1 is 1.16 bits per heavy atom. The molecule has 2 heterocycles. The SMILES string of the molecule is CC(C)C1=NCC2C(=O)N(c3ccccc3)C(=O)C12. The van der Waals surface area contributed by atoms with Crippen LogP contribution in [0.1, 0.15) is 13.8 Å². The minimum absolute atomic E-state index is 0.111. The van der Waals surface area contributed by atoms with Gasteiger partial charge < -0.3 is 0 Å². The van der Waals surface area contributed by atoms with Gasteiger partial charge in [-0.1, -0.05) is 32.0 Å². The topological polar surface area (TPSA) is 49.7 Å². The maximum absolute atomic E-state index is 12.5. The molecule has 0 saturated carbocycles. The van der Waals surface area contributed by atoms with E-state index in [-0.39, 0.29) is 29.6 Å². The van der Waals surface area contributed by atoms with Crippen LogP contribution in [0, 0.1) is 17.8 Å². The van der Waals surface area contributed by atoms with Crippen LogP contribution in [0.15, 0.2) is 35.3 Å². The summed E-state index contributed by atoms with van der Waals surface area (Å²) in [4.78, 5) is 30.7. The fraction of sp³-hybridized carbons (Fsp3) is 0.400. The Bertz CT molecular complexity index is 563. The number of rotatable bonds is 2. The standard InChI is InChI=1S/C15H16N2O2/c1-9(2)13-12-11(8-16-13)14(18)17(15(12)19)10-6-4-3-5-7-10/h3-7,9,11-12H,8H2,1-2H3. The summed E-state index contributed by atoms with van der Waals surface area (Å²) >= 11 is 0. The summed E-state index contributed by atoms with van der Waals surface area (Å²) in [5.74, 6) is -0.646. The van der Waals surface area contributed by atoms with Crippen molar-refractivity contribution in [2.24, 2.45) is 22.7 Å². The van der Waals surface area contributed by atoms with Gasteiger partial charge in [0.25, 0.3) is 0 Å². The third-order valence-electron chi connectivity index (χ3n) is 3.82. The van der Waals surface area contributed by atoms with E-state index >= 15 is 0 Å². The number of anilines is 1. The van der Waals surface area contributed by atoms with E-state index in [2.05, 4.69) is 4.99 Å². The molecule has 4 heteroatoms. The molecule has 1 saturated heterocycles. The molecule has 2 atom stereocenters. The largest absolute Gasteiger partial charge is 0.292 e. The average Bonchev–Trinajstić information content (AvgIpc) is 2.93. The minimum atomic E-state index is -0.340. The van der Waals surface area contributed by atoms with Crippen molar-refractivity contribution in [3.8, 4) is 0 Å². The number of hydrogen-bond donors (Lipinski definition) is 0. The summed E-state index contributed by atoms with van der Waals surface area (Å²) in [6.45, 7) is 4.49. The van der Waals surface area contributed by atoms with Crippen LogP contribution in [0.4, 0.5) is 5.69 Å². The highest BCUT2D eigenvalue weighted by Gasteiger charge is 2.53. The molecule has 2 aliphatic heterocycles. The summed E-state index contributed by atoms with van der Waals surface area (Å²) in [7, 11) is 0. The number of amides is 2. The molecular weight excluding hydrogens is 240 g/mol. The molecule has 0 radical (unpaired) electrons. The van der Waals surface area contributed by atoms with Gasteiger partial charge in [0.2, 0.25) is 11.8 Å². The Balaban J connectivity index is 1.98. The summed E-state index contributed by atoms with van der Waals surface area (Å²) in [5.41, 5.74) is 1.54. The Labute approximate surface area is 112 Å². The van der Waals surface area contributed by atoms with E-state index in [0.29, 0.717) is 12.2 Å². The maximum atomic E-state index is 12.5. The molecule has 0 N–H and O–H groups in total. The van der Waals surface area contributed by atoms with Crippen LogP contribution in [0.3, 0.4) is 0 Å². The Morgan fingerprint density at radius 2 is 1.84 bits per heavy atom. The van der Waals surface area contributed by atoms with Crippen molar-refractivity contribution in [3.63, 3.8) is 0 Å². The van der Waals surface area contributed by atoms with Crippen LogP contribution in [0.25, 0.3) is 0 Å². The first-order valence-electron chi connectivity index (χ1n) is 6.58. The second-order valence-electron chi connectivity index (χ2n) is 5.35. The monoisotopic (exact) mass is 256 g/mol. The number of para-hydroxylation sites is 1. The molecular formula is C15H16N2O2. The van der Waals surface area contributed by atoms with E-state index in [1.807, 2.05) is 32.0 Å². The fourth-order valence-electron chi connectivity index (χ4n) is 2.92. The zero-order chi connectivity index (χ0) is 13.6. The van der Waals surface area contributed by atoms with Gasteiger partial charge in [0.15, 0.2) is 0 Å². The number of imide groups is 1. The van der Waals surface area contributed by atoms with Crippen molar-refractivity contribution in [3.05, 3.63) is 30.3 Å². The Kier molecular flexibility index (Phi) is 2.73. The summed E-state index contributed by atoms with van der Waals surface area (Å²) < 4.78 is 0. The van der Waals surface area contributed by atoms with E-state index in [4.69, 9.17) is 0 Å². The molecule has 19 heavy (non-hydrogen) atoms. The van der Waals surface area contributed by atoms with Crippen LogP contribution in [-0.2, 0) is 9.59 Å². The molecule has 3 rings (SSSR count).